The Morgan fingerprint density at radius 1 is 1.23 bits per heavy atom. The molecule has 2 fully saturated rings. The number of halogens is 4. The zero-order valence-electron chi connectivity index (χ0n) is 19.7. The summed E-state index contributed by atoms with van der Waals surface area (Å²) in [4.78, 5) is 18.7. The molecule has 1 amide bonds. The van der Waals surface area contributed by atoms with E-state index >= 15 is 0 Å². The van der Waals surface area contributed by atoms with E-state index in [9.17, 15) is 22.4 Å². The number of rotatable bonds is 11. The lowest BCUT2D eigenvalue weighted by atomic mass is 9.95. The third kappa shape index (κ3) is 6.86. The standard InChI is InChI=1S/C26H31F4N3O2/c1-17(25(34)32-14-23(27)28)20-6-4-18(5-7-20)2-3-19-10-11-33(15-19)24-9-8-22(13-31-24)35-16-21-12-26(21,29)30/h4-9,13,17,19,21,23H,2-3,10-12,14-16H2,1H3,(H,32,34)/t17?,19-,21?/m1/s1. The second kappa shape index (κ2) is 10.8. The largest absolute Gasteiger partial charge is 0.491 e. The number of nitrogens with one attached hydrogen (secondary N) is 1. The molecule has 1 saturated carbocycles. The molecule has 0 bridgehead atoms. The van der Waals surface area contributed by atoms with Crippen LogP contribution in [0, 0.1) is 11.8 Å². The van der Waals surface area contributed by atoms with E-state index in [4.69, 9.17) is 4.74 Å². The Bertz CT molecular complexity index is 985. The summed E-state index contributed by atoms with van der Waals surface area (Å²) in [6.07, 6.45) is 1.95. The fourth-order valence-electron chi connectivity index (χ4n) is 4.39. The van der Waals surface area contributed by atoms with E-state index < -0.39 is 36.6 Å². The van der Waals surface area contributed by atoms with Gasteiger partial charge >= 0.3 is 0 Å². The Kier molecular flexibility index (Phi) is 7.82. The second-order valence-corrected chi connectivity index (χ2v) is 9.56. The Morgan fingerprint density at radius 2 is 1.97 bits per heavy atom. The number of pyridine rings is 1. The summed E-state index contributed by atoms with van der Waals surface area (Å²) in [5.41, 5.74) is 1.98. The van der Waals surface area contributed by atoms with E-state index in [1.165, 1.54) is 5.56 Å². The first kappa shape index (κ1) is 25.3. The summed E-state index contributed by atoms with van der Waals surface area (Å²) in [7, 11) is 0. The number of hydrogen-bond acceptors (Lipinski definition) is 4. The van der Waals surface area contributed by atoms with Gasteiger partial charge in [0.05, 0.1) is 31.2 Å². The van der Waals surface area contributed by atoms with Crippen molar-refractivity contribution in [2.75, 3.05) is 31.1 Å². The average molecular weight is 494 g/mol. The lowest BCUT2D eigenvalue weighted by molar-refractivity contribution is -0.122. The number of aromatic nitrogens is 1. The van der Waals surface area contributed by atoms with E-state index in [1.807, 2.05) is 30.3 Å². The van der Waals surface area contributed by atoms with E-state index in [2.05, 4.69) is 15.2 Å². The third-order valence-electron chi connectivity index (χ3n) is 6.88. The summed E-state index contributed by atoms with van der Waals surface area (Å²) in [6.45, 7) is 2.92. The number of benzene rings is 1. The van der Waals surface area contributed by atoms with Crippen LogP contribution in [0.1, 0.15) is 43.2 Å². The van der Waals surface area contributed by atoms with Crippen LogP contribution in [0.25, 0.3) is 0 Å². The molecular weight excluding hydrogens is 462 g/mol. The van der Waals surface area contributed by atoms with E-state index in [0.717, 1.165) is 43.7 Å². The van der Waals surface area contributed by atoms with Gasteiger partial charge in [0.2, 0.25) is 5.91 Å². The second-order valence-electron chi connectivity index (χ2n) is 9.56. The number of carbonyl (C=O) groups is 1. The summed E-state index contributed by atoms with van der Waals surface area (Å²) in [5, 5.41) is 2.26. The highest BCUT2D eigenvalue weighted by Crippen LogP contribution is 2.48. The first-order chi connectivity index (χ1) is 16.7. The van der Waals surface area contributed by atoms with Crippen LogP contribution in [0.2, 0.25) is 0 Å². The minimum Gasteiger partial charge on any atom is -0.491 e. The first-order valence-corrected chi connectivity index (χ1v) is 12.1. The quantitative estimate of drug-likeness (QED) is 0.445. The van der Waals surface area contributed by atoms with Crippen molar-refractivity contribution in [3.05, 3.63) is 53.7 Å². The van der Waals surface area contributed by atoms with Crippen LogP contribution in [0.4, 0.5) is 23.4 Å². The predicted octanol–water partition coefficient (Wildman–Crippen LogP) is 5.06. The number of amides is 1. The molecule has 1 aliphatic heterocycles. The molecule has 1 N–H and O–H groups in total. The summed E-state index contributed by atoms with van der Waals surface area (Å²) < 4.78 is 55.9. The van der Waals surface area contributed by atoms with Crippen LogP contribution in [0.3, 0.4) is 0 Å². The maximum Gasteiger partial charge on any atom is 0.255 e. The maximum absolute atomic E-state index is 13.0. The lowest BCUT2D eigenvalue weighted by Gasteiger charge is -2.18. The van der Waals surface area contributed by atoms with E-state index in [0.29, 0.717) is 11.7 Å². The molecule has 2 unspecified atom stereocenters. The Labute approximate surface area is 202 Å². The Hall–Kier alpha value is -2.84. The van der Waals surface area contributed by atoms with Gasteiger partial charge in [0, 0.05) is 19.5 Å². The topological polar surface area (TPSA) is 54.5 Å². The van der Waals surface area contributed by atoms with Crippen molar-refractivity contribution < 1.29 is 27.1 Å². The molecule has 3 atom stereocenters. The average Bonchev–Trinajstić information content (AvgIpc) is 3.22. The number of aryl methyl sites for hydroxylation is 1. The molecule has 0 radical (unpaired) electrons. The SMILES string of the molecule is CC(C(=O)NCC(F)F)c1ccc(CC[C@@H]2CCN(c3ccc(OCC4CC4(F)F)cn3)C2)cc1. The fourth-order valence-corrected chi connectivity index (χ4v) is 4.39. The van der Waals surface area contributed by atoms with Crippen molar-refractivity contribution in [2.45, 2.75) is 50.9 Å². The van der Waals surface area contributed by atoms with Crippen molar-refractivity contribution in [1.82, 2.24) is 10.3 Å². The monoisotopic (exact) mass is 493 g/mol. The summed E-state index contributed by atoms with van der Waals surface area (Å²) >= 11 is 0. The molecule has 190 valence electrons. The van der Waals surface area contributed by atoms with Gasteiger partial charge in [-0.2, -0.15) is 0 Å². The molecule has 35 heavy (non-hydrogen) atoms. The molecule has 1 aliphatic carbocycles. The van der Waals surface area contributed by atoms with Crippen molar-refractivity contribution >= 4 is 11.7 Å². The molecule has 1 aromatic carbocycles. The van der Waals surface area contributed by atoms with E-state index in [1.54, 1.807) is 19.2 Å². The Balaban J connectivity index is 1.20. The molecular formula is C26H31F4N3O2. The number of alkyl halides is 4. The zero-order chi connectivity index (χ0) is 25.0. The third-order valence-corrected chi connectivity index (χ3v) is 6.88. The smallest absolute Gasteiger partial charge is 0.255 e. The highest BCUT2D eigenvalue weighted by atomic mass is 19.3. The molecule has 9 heteroatoms. The van der Waals surface area contributed by atoms with Gasteiger partial charge in [-0.3, -0.25) is 4.79 Å². The van der Waals surface area contributed by atoms with Crippen LogP contribution in [-0.2, 0) is 11.2 Å². The van der Waals surface area contributed by atoms with Crippen molar-refractivity contribution in [1.29, 1.82) is 0 Å². The van der Waals surface area contributed by atoms with Crippen molar-refractivity contribution in [3.8, 4) is 5.75 Å². The van der Waals surface area contributed by atoms with Crippen LogP contribution in [-0.4, -0.2) is 49.5 Å². The van der Waals surface area contributed by atoms with Crippen molar-refractivity contribution in [3.63, 3.8) is 0 Å². The van der Waals surface area contributed by atoms with Gasteiger partial charge in [-0.05, 0) is 55.4 Å². The summed E-state index contributed by atoms with van der Waals surface area (Å²) in [5.74, 6) is -2.24. The van der Waals surface area contributed by atoms with Gasteiger partial charge in [-0.15, -0.1) is 0 Å². The number of ether oxygens (including phenoxy) is 1. The van der Waals surface area contributed by atoms with Gasteiger partial charge in [-0.1, -0.05) is 24.3 Å². The van der Waals surface area contributed by atoms with Crippen LogP contribution in [0.5, 0.6) is 5.75 Å². The number of anilines is 1. The maximum atomic E-state index is 13.0. The van der Waals surface area contributed by atoms with Gasteiger partial charge in [-0.25, -0.2) is 22.5 Å². The highest BCUT2D eigenvalue weighted by Gasteiger charge is 2.57. The molecule has 4 rings (SSSR count). The predicted molar refractivity (Wildman–Crippen MR) is 125 cm³/mol. The molecule has 2 aliphatic rings. The lowest BCUT2D eigenvalue weighted by Crippen LogP contribution is -2.31. The number of hydrogen-bond donors (Lipinski definition) is 1. The first-order valence-electron chi connectivity index (χ1n) is 12.1. The summed E-state index contributed by atoms with van der Waals surface area (Å²) in [6, 6.07) is 11.4. The van der Waals surface area contributed by atoms with E-state index in [-0.39, 0.29) is 13.0 Å². The van der Waals surface area contributed by atoms with Crippen LogP contribution < -0.4 is 15.0 Å². The minimum absolute atomic E-state index is 0.0195. The minimum atomic E-state index is -2.58. The van der Waals surface area contributed by atoms with Gasteiger partial charge < -0.3 is 15.0 Å². The Morgan fingerprint density at radius 3 is 2.60 bits per heavy atom. The highest BCUT2D eigenvalue weighted by molar-refractivity contribution is 5.83. The molecule has 5 nitrogen and oxygen atoms in total. The normalized spacial score (nSPS) is 21.7. The van der Waals surface area contributed by atoms with Crippen LogP contribution in [0.15, 0.2) is 42.6 Å². The molecule has 0 spiro atoms. The number of carbonyl (C=O) groups excluding carboxylic acids is 1. The molecule has 2 heterocycles. The molecule has 1 saturated heterocycles. The van der Waals surface area contributed by atoms with Gasteiger partial charge in [0.25, 0.3) is 12.3 Å². The number of nitrogens with zero attached hydrogens (tertiary/aromatic N) is 2. The van der Waals surface area contributed by atoms with Crippen molar-refractivity contribution in [2.24, 2.45) is 11.8 Å². The van der Waals surface area contributed by atoms with Gasteiger partial charge in [0.1, 0.15) is 11.6 Å². The van der Waals surface area contributed by atoms with Gasteiger partial charge in [0.15, 0.2) is 0 Å². The zero-order valence-corrected chi connectivity index (χ0v) is 19.7. The molecule has 2 aromatic rings. The molecule has 1 aromatic heterocycles. The van der Waals surface area contributed by atoms with Crippen LogP contribution >= 0.6 is 0 Å². The fraction of sp³-hybridized carbons (Fsp3) is 0.538.